The highest BCUT2D eigenvalue weighted by molar-refractivity contribution is 6.06. The predicted octanol–water partition coefficient (Wildman–Crippen LogP) is 2.71. The Kier molecular flexibility index (Phi) is 3.97. The van der Waals surface area contributed by atoms with Crippen molar-refractivity contribution in [1.29, 1.82) is 0 Å². The van der Waals surface area contributed by atoms with Gasteiger partial charge in [0, 0.05) is 24.4 Å². The molecule has 0 N–H and O–H groups in total. The summed E-state index contributed by atoms with van der Waals surface area (Å²) in [4.78, 5) is 14.2. The summed E-state index contributed by atoms with van der Waals surface area (Å²) in [6.07, 6.45) is 0. The third-order valence-electron chi connectivity index (χ3n) is 3.68. The third-order valence-corrected chi connectivity index (χ3v) is 3.68. The van der Waals surface area contributed by atoms with Gasteiger partial charge in [-0.1, -0.05) is 0 Å². The lowest BCUT2D eigenvalue weighted by Crippen LogP contribution is -2.26. The van der Waals surface area contributed by atoms with Crippen LogP contribution in [-0.2, 0) is 0 Å². The van der Waals surface area contributed by atoms with E-state index in [2.05, 4.69) is 0 Å². The van der Waals surface area contributed by atoms with Crippen molar-refractivity contribution in [2.24, 2.45) is 0 Å². The first-order valence-electron chi connectivity index (χ1n) is 7.03. The maximum Gasteiger partial charge on any atom is 0.258 e. The monoisotopic (exact) mass is 315 g/mol. The minimum Gasteiger partial charge on any atom is -0.493 e. The Morgan fingerprint density at radius 2 is 1.74 bits per heavy atom. The Morgan fingerprint density at radius 1 is 1.00 bits per heavy atom. The molecule has 3 rings (SSSR count). The number of hydrogen-bond acceptors (Lipinski definition) is 5. The Balaban J connectivity index is 1.87. The summed E-state index contributed by atoms with van der Waals surface area (Å²) >= 11 is 0. The average molecular weight is 315 g/mol. The van der Waals surface area contributed by atoms with Crippen LogP contribution in [0.4, 0.5) is 5.69 Å². The number of benzene rings is 2. The van der Waals surface area contributed by atoms with Crippen LogP contribution in [0.2, 0.25) is 0 Å². The molecule has 1 aliphatic heterocycles. The fraction of sp³-hybridized carbons (Fsp3) is 0.235. The highest BCUT2D eigenvalue weighted by Gasteiger charge is 2.19. The van der Waals surface area contributed by atoms with E-state index in [0.29, 0.717) is 34.2 Å². The van der Waals surface area contributed by atoms with Gasteiger partial charge in [-0.25, -0.2) is 0 Å². The highest BCUT2D eigenvalue weighted by Crippen LogP contribution is 2.36. The average Bonchev–Trinajstić information content (AvgIpc) is 3.07. The Morgan fingerprint density at radius 3 is 2.48 bits per heavy atom. The first kappa shape index (κ1) is 15.0. The summed E-state index contributed by atoms with van der Waals surface area (Å²) in [7, 11) is 4.79. The summed E-state index contributed by atoms with van der Waals surface area (Å²) in [5.74, 6) is 2.24. The molecular weight excluding hydrogens is 298 g/mol. The van der Waals surface area contributed by atoms with Gasteiger partial charge in [-0.05, 0) is 30.3 Å². The summed E-state index contributed by atoms with van der Waals surface area (Å²) in [5.41, 5.74) is 1.22. The zero-order valence-electron chi connectivity index (χ0n) is 13.2. The van der Waals surface area contributed by atoms with Crippen LogP contribution < -0.4 is 23.8 Å². The SMILES string of the molecule is COc1ccc(C(=O)N(C)c2ccc3c(c2)OCO3)cc1OC. The number of nitrogens with zero attached hydrogens (tertiary/aromatic N) is 1. The van der Waals surface area contributed by atoms with Gasteiger partial charge in [0.15, 0.2) is 23.0 Å². The Hall–Kier alpha value is -2.89. The van der Waals surface area contributed by atoms with Crippen LogP contribution in [0.15, 0.2) is 36.4 Å². The summed E-state index contributed by atoms with van der Waals surface area (Å²) in [6, 6.07) is 10.4. The van der Waals surface area contributed by atoms with Crippen LogP contribution >= 0.6 is 0 Å². The van der Waals surface area contributed by atoms with Crippen molar-refractivity contribution in [1.82, 2.24) is 0 Å². The number of methoxy groups -OCH3 is 2. The van der Waals surface area contributed by atoms with Gasteiger partial charge in [-0.2, -0.15) is 0 Å². The van der Waals surface area contributed by atoms with E-state index in [0.717, 1.165) is 0 Å². The Labute approximate surface area is 134 Å². The topological polar surface area (TPSA) is 57.2 Å². The molecule has 0 bridgehead atoms. The summed E-state index contributed by atoms with van der Waals surface area (Å²) in [5, 5.41) is 0. The molecule has 0 saturated heterocycles. The third kappa shape index (κ3) is 2.75. The van der Waals surface area contributed by atoms with E-state index in [1.807, 2.05) is 6.07 Å². The minimum absolute atomic E-state index is 0.162. The molecule has 6 heteroatoms. The van der Waals surface area contributed by atoms with Crippen molar-refractivity contribution in [3.05, 3.63) is 42.0 Å². The lowest BCUT2D eigenvalue weighted by molar-refractivity contribution is 0.0992. The van der Waals surface area contributed by atoms with Crippen molar-refractivity contribution >= 4 is 11.6 Å². The van der Waals surface area contributed by atoms with Crippen LogP contribution in [-0.4, -0.2) is 34.0 Å². The van der Waals surface area contributed by atoms with Gasteiger partial charge in [0.1, 0.15) is 0 Å². The van der Waals surface area contributed by atoms with Gasteiger partial charge >= 0.3 is 0 Å². The number of hydrogen-bond donors (Lipinski definition) is 0. The molecule has 120 valence electrons. The lowest BCUT2D eigenvalue weighted by atomic mass is 10.1. The molecule has 0 saturated carbocycles. The van der Waals surface area contributed by atoms with Gasteiger partial charge in [0.25, 0.3) is 5.91 Å². The first-order chi connectivity index (χ1) is 11.1. The molecule has 0 unspecified atom stereocenters. The molecule has 0 atom stereocenters. The minimum atomic E-state index is -0.162. The molecule has 1 amide bonds. The molecule has 0 aliphatic carbocycles. The van der Waals surface area contributed by atoms with Gasteiger partial charge in [-0.3, -0.25) is 4.79 Å². The second-order valence-electron chi connectivity index (χ2n) is 4.97. The van der Waals surface area contributed by atoms with Gasteiger partial charge in [-0.15, -0.1) is 0 Å². The number of carbonyl (C=O) groups is 1. The number of fused-ring (bicyclic) bond motifs is 1. The van der Waals surface area contributed by atoms with Crippen LogP contribution in [0.1, 0.15) is 10.4 Å². The molecule has 0 aromatic heterocycles. The van der Waals surface area contributed by atoms with E-state index in [1.165, 1.54) is 7.11 Å². The van der Waals surface area contributed by atoms with Crippen molar-refractivity contribution < 1.29 is 23.7 Å². The molecule has 23 heavy (non-hydrogen) atoms. The fourth-order valence-electron chi connectivity index (χ4n) is 2.37. The smallest absolute Gasteiger partial charge is 0.258 e. The van der Waals surface area contributed by atoms with E-state index in [1.54, 1.807) is 49.4 Å². The van der Waals surface area contributed by atoms with E-state index in [9.17, 15) is 4.79 Å². The van der Waals surface area contributed by atoms with E-state index < -0.39 is 0 Å². The van der Waals surface area contributed by atoms with Crippen LogP contribution in [0.3, 0.4) is 0 Å². The number of ether oxygens (including phenoxy) is 4. The van der Waals surface area contributed by atoms with E-state index in [-0.39, 0.29) is 12.7 Å². The van der Waals surface area contributed by atoms with Crippen LogP contribution in [0, 0.1) is 0 Å². The molecule has 1 aliphatic rings. The largest absolute Gasteiger partial charge is 0.493 e. The zero-order chi connectivity index (χ0) is 16.4. The zero-order valence-corrected chi connectivity index (χ0v) is 13.2. The van der Waals surface area contributed by atoms with Gasteiger partial charge < -0.3 is 23.8 Å². The van der Waals surface area contributed by atoms with Crippen LogP contribution in [0.5, 0.6) is 23.0 Å². The molecule has 2 aromatic rings. The maximum absolute atomic E-state index is 12.7. The highest BCUT2D eigenvalue weighted by atomic mass is 16.7. The lowest BCUT2D eigenvalue weighted by Gasteiger charge is -2.18. The van der Waals surface area contributed by atoms with Gasteiger partial charge in [0.2, 0.25) is 6.79 Å². The molecular formula is C17H17NO5. The predicted molar refractivity (Wildman–Crippen MR) is 84.8 cm³/mol. The number of anilines is 1. The second-order valence-corrected chi connectivity index (χ2v) is 4.97. The van der Waals surface area contributed by atoms with E-state index in [4.69, 9.17) is 18.9 Å². The Bertz CT molecular complexity index is 744. The first-order valence-corrected chi connectivity index (χ1v) is 7.03. The van der Waals surface area contributed by atoms with Crippen molar-refractivity contribution in [3.63, 3.8) is 0 Å². The van der Waals surface area contributed by atoms with Crippen molar-refractivity contribution in [3.8, 4) is 23.0 Å². The normalized spacial score (nSPS) is 12.0. The van der Waals surface area contributed by atoms with Crippen molar-refractivity contribution in [2.75, 3.05) is 33.0 Å². The quantitative estimate of drug-likeness (QED) is 0.868. The number of rotatable bonds is 4. The van der Waals surface area contributed by atoms with Gasteiger partial charge in [0.05, 0.1) is 14.2 Å². The van der Waals surface area contributed by atoms with E-state index >= 15 is 0 Å². The molecule has 0 spiro atoms. The van der Waals surface area contributed by atoms with Crippen LogP contribution in [0.25, 0.3) is 0 Å². The molecule has 2 aromatic carbocycles. The maximum atomic E-state index is 12.7. The molecule has 0 fully saturated rings. The fourth-order valence-corrected chi connectivity index (χ4v) is 2.37. The number of amides is 1. The molecule has 0 radical (unpaired) electrons. The number of carbonyl (C=O) groups excluding carboxylic acids is 1. The standard InChI is InChI=1S/C17H17NO5/c1-18(12-5-7-14-16(9-12)23-10-22-14)17(19)11-4-6-13(20-2)15(8-11)21-3/h4-9H,10H2,1-3H3. The second kappa shape index (κ2) is 6.08. The summed E-state index contributed by atoms with van der Waals surface area (Å²) in [6.45, 7) is 0.201. The molecule has 6 nitrogen and oxygen atoms in total. The summed E-state index contributed by atoms with van der Waals surface area (Å²) < 4.78 is 21.0. The van der Waals surface area contributed by atoms with Crippen molar-refractivity contribution in [2.45, 2.75) is 0 Å². The molecule has 1 heterocycles.